The highest BCUT2D eigenvalue weighted by Gasteiger charge is 2.33. The Morgan fingerprint density at radius 3 is 2.67 bits per heavy atom. The van der Waals surface area contributed by atoms with Gasteiger partial charge in [0, 0.05) is 13.1 Å². The van der Waals surface area contributed by atoms with Gasteiger partial charge in [0.25, 0.3) is 0 Å². The van der Waals surface area contributed by atoms with Crippen LogP contribution < -0.4 is 0 Å². The Hall–Kier alpha value is -0.620. The second-order valence-electron chi connectivity index (χ2n) is 5.12. The van der Waals surface area contributed by atoms with Crippen LogP contribution in [0.1, 0.15) is 33.6 Å². The fraction of sp³-hybridized carbons (Fsp3) is 0.917. The molecule has 0 aromatic carbocycles. The van der Waals surface area contributed by atoms with Crippen LogP contribution in [0.15, 0.2) is 0 Å². The van der Waals surface area contributed by atoms with Crippen molar-refractivity contribution in [2.24, 2.45) is 11.8 Å². The van der Waals surface area contributed by atoms with Crippen LogP contribution >= 0.6 is 0 Å². The van der Waals surface area contributed by atoms with E-state index in [1.165, 1.54) is 4.31 Å². The minimum atomic E-state index is -3.24. The van der Waals surface area contributed by atoms with E-state index in [4.69, 9.17) is 4.74 Å². The van der Waals surface area contributed by atoms with E-state index < -0.39 is 10.0 Å². The molecule has 0 unspecified atom stereocenters. The minimum Gasteiger partial charge on any atom is -0.466 e. The number of ether oxygens (including phenoxy) is 1. The molecular formula is C12H23NO4S. The molecule has 1 saturated heterocycles. The summed E-state index contributed by atoms with van der Waals surface area (Å²) in [5.74, 6) is -0.344. The average molecular weight is 277 g/mol. The first-order chi connectivity index (χ1) is 8.36. The van der Waals surface area contributed by atoms with Crippen LogP contribution in [0.4, 0.5) is 0 Å². The molecule has 0 N–H and O–H groups in total. The first-order valence-corrected chi connectivity index (χ1v) is 8.12. The Labute approximate surface area is 110 Å². The van der Waals surface area contributed by atoms with E-state index in [9.17, 15) is 13.2 Å². The Morgan fingerprint density at radius 2 is 2.11 bits per heavy atom. The van der Waals surface area contributed by atoms with Gasteiger partial charge in [0.1, 0.15) is 0 Å². The molecular weight excluding hydrogens is 254 g/mol. The molecule has 1 atom stereocenters. The van der Waals surface area contributed by atoms with Crippen molar-refractivity contribution in [3.63, 3.8) is 0 Å². The average Bonchev–Trinajstić information content (AvgIpc) is 2.28. The zero-order valence-electron chi connectivity index (χ0n) is 11.4. The summed E-state index contributed by atoms with van der Waals surface area (Å²) in [7, 11) is -3.24. The summed E-state index contributed by atoms with van der Waals surface area (Å²) >= 11 is 0. The molecule has 106 valence electrons. The largest absolute Gasteiger partial charge is 0.466 e. The summed E-state index contributed by atoms with van der Waals surface area (Å²) in [5, 5.41) is 0. The molecule has 1 fully saturated rings. The molecule has 18 heavy (non-hydrogen) atoms. The molecule has 0 aromatic heterocycles. The van der Waals surface area contributed by atoms with Gasteiger partial charge >= 0.3 is 5.97 Å². The lowest BCUT2D eigenvalue weighted by atomic mass is 10.0. The number of esters is 1. The molecule has 1 aliphatic rings. The summed E-state index contributed by atoms with van der Waals surface area (Å²) in [6, 6.07) is 0. The Balaban J connectivity index is 2.66. The van der Waals surface area contributed by atoms with E-state index in [0.717, 1.165) is 6.42 Å². The van der Waals surface area contributed by atoms with Crippen LogP contribution in [0.3, 0.4) is 0 Å². The second kappa shape index (κ2) is 6.52. The first kappa shape index (κ1) is 15.4. The van der Waals surface area contributed by atoms with Crippen LogP contribution in [0, 0.1) is 11.8 Å². The summed E-state index contributed by atoms with van der Waals surface area (Å²) < 4.78 is 30.6. The molecule has 6 heteroatoms. The maximum atomic E-state index is 12.1. The Bertz CT molecular complexity index is 378. The summed E-state index contributed by atoms with van der Waals surface area (Å²) in [6.45, 7) is 6.65. The fourth-order valence-electron chi connectivity index (χ4n) is 2.17. The lowest BCUT2D eigenvalue weighted by molar-refractivity contribution is -0.149. The van der Waals surface area contributed by atoms with E-state index in [1.54, 1.807) is 6.92 Å². The Kier molecular flexibility index (Phi) is 5.59. The molecule has 0 aliphatic carbocycles. The molecule has 0 spiro atoms. The fourth-order valence-corrected chi connectivity index (χ4v) is 4.04. The van der Waals surface area contributed by atoms with Crippen molar-refractivity contribution in [3.05, 3.63) is 0 Å². The third kappa shape index (κ3) is 4.24. The zero-order valence-corrected chi connectivity index (χ0v) is 12.2. The van der Waals surface area contributed by atoms with Crippen molar-refractivity contribution >= 4 is 16.0 Å². The SMILES string of the molecule is CCOC(=O)[C@H]1CCCN(S(=O)(=O)CC(C)C)C1. The lowest BCUT2D eigenvalue weighted by Crippen LogP contribution is -2.44. The topological polar surface area (TPSA) is 63.7 Å². The van der Waals surface area contributed by atoms with Gasteiger partial charge in [-0.25, -0.2) is 12.7 Å². The van der Waals surface area contributed by atoms with Crippen molar-refractivity contribution in [2.45, 2.75) is 33.6 Å². The van der Waals surface area contributed by atoms with Crippen LogP contribution in [-0.2, 0) is 19.6 Å². The zero-order chi connectivity index (χ0) is 13.8. The van der Waals surface area contributed by atoms with Gasteiger partial charge in [-0.15, -0.1) is 0 Å². The highest BCUT2D eigenvalue weighted by Crippen LogP contribution is 2.21. The summed E-state index contributed by atoms with van der Waals surface area (Å²) in [5.41, 5.74) is 0. The number of nitrogens with zero attached hydrogens (tertiary/aromatic N) is 1. The third-order valence-electron chi connectivity index (χ3n) is 2.94. The maximum Gasteiger partial charge on any atom is 0.310 e. The number of sulfonamides is 1. The van der Waals surface area contributed by atoms with Crippen molar-refractivity contribution in [1.29, 1.82) is 0 Å². The summed E-state index contributed by atoms with van der Waals surface area (Å²) in [4.78, 5) is 11.6. The molecule has 1 heterocycles. The summed E-state index contributed by atoms with van der Waals surface area (Å²) in [6.07, 6.45) is 1.44. The van der Waals surface area contributed by atoms with E-state index in [1.807, 2.05) is 13.8 Å². The van der Waals surface area contributed by atoms with Crippen LogP contribution in [0.5, 0.6) is 0 Å². The molecule has 5 nitrogen and oxygen atoms in total. The molecule has 0 aromatic rings. The molecule has 1 rings (SSSR count). The Morgan fingerprint density at radius 1 is 1.44 bits per heavy atom. The standard InChI is InChI=1S/C12H23NO4S/c1-4-17-12(14)11-6-5-7-13(8-11)18(15,16)9-10(2)3/h10-11H,4-9H2,1-3H3/t11-/m0/s1. The van der Waals surface area contributed by atoms with Gasteiger partial charge in [0.15, 0.2) is 0 Å². The smallest absolute Gasteiger partial charge is 0.310 e. The van der Waals surface area contributed by atoms with Crippen LogP contribution in [-0.4, -0.2) is 44.1 Å². The number of hydrogen-bond acceptors (Lipinski definition) is 4. The van der Waals surface area contributed by atoms with E-state index in [0.29, 0.717) is 19.6 Å². The van der Waals surface area contributed by atoms with Crippen molar-refractivity contribution in [2.75, 3.05) is 25.4 Å². The van der Waals surface area contributed by atoms with Gasteiger partial charge in [0.05, 0.1) is 18.3 Å². The quantitative estimate of drug-likeness (QED) is 0.709. The monoisotopic (exact) mass is 277 g/mol. The van der Waals surface area contributed by atoms with Crippen LogP contribution in [0.25, 0.3) is 0 Å². The first-order valence-electron chi connectivity index (χ1n) is 6.51. The lowest BCUT2D eigenvalue weighted by Gasteiger charge is -2.31. The van der Waals surface area contributed by atoms with Gasteiger partial charge in [-0.1, -0.05) is 13.8 Å². The van der Waals surface area contributed by atoms with Crippen molar-refractivity contribution in [3.8, 4) is 0 Å². The van der Waals surface area contributed by atoms with Gasteiger partial charge in [-0.2, -0.15) is 0 Å². The van der Waals surface area contributed by atoms with Gasteiger partial charge in [0.2, 0.25) is 10.0 Å². The molecule has 0 radical (unpaired) electrons. The molecule has 0 saturated carbocycles. The minimum absolute atomic E-state index is 0.0953. The second-order valence-corrected chi connectivity index (χ2v) is 7.14. The number of rotatable bonds is 5. The highest BCUT2D eigenvalue weighted by molar-refractivity contribution is 7.89. The predicted molar refractivity (Wildman–Crippen MR) is 69.6 cm³/mol. The maximum absolute atomic E-state index is 12.1. The van der Waals surface area contributed by atoms with Crippen molar-refractivity contribution < 1.29 is 17.9 Å². The van der Waals surface area contributed by atoms with Gasteiger partial charge in [-0.05, 0) is 25.7 Å². The predicted octanol–water partition coefficient (Wildman–Crippen LogP) is 1.25. The van der Waals surface area contributed by atoms with E-state index >= 15 is 0 Å². The van der Waals surface area contributed by atoms with Crippen molar-refractivity contribution in [1.82, 2.24) is 4.31 Å². The van der Waals surface area contributed by atoms with Crippen LogP contribution in [0.2, 0.25) is 0 Å². The molecule has 1 aliphatic heterocycles. The van der Waals surface area contributed by atoms with E-state index in [-0.39, 0.29) is 30.1 Å². The normalized spacial score (nSPS) is 22.1. The third-order valence-corrected chi connectivity index (χ3v) is 5.15. The number of hydrogen-bond donors (Lipinski definition) is 0. The molecule has 0 amide bonds. The van der Waals surface area contributed by atoms with E-state index in [2.05, 4.69) is 0 Å². The number of carbonyl (C=O) groups is 1. The number of piperidine rings is 1. The highest BCUT2D eigenvalue weighted by atomic mass is 32.2. The molecule has 0 bridgehead atoms. The number of carbonyl (C=O) groups excluding carboxylic acids is 1. The van der Waals surface area contributed by atoms with Gasteiger partial charge < -0.3 is 4.74 Å². The van der Waals surface area contributed by atoms with Gasteiger partial charge in [-0.3, -0.25) is 4.79 Å².